The van der Waals surface area contributed by atoms with Crippen LogP contribution in [0.15, 0.2) is 42.6 Å². The number of benzene rings is 1. The van der Waals surface area contributed by atoms with E-state index < -0.39 is 5.92 Å². The molecule has 1 aromatic carbocycles. The first-order valence-corrected chi connectivity index (χ1v) is 7.77. The molecule has 1 N–H and O–H groups in total. The third-order valence-electron chi connectivity index (χ3n) is 3.62. The zero-order valence-electron chi connectivity index (χ0n) is 12.0. The van der Waals surface area contributed by atoms with Gasteiger partial charge >= 0.3 is 0 Å². The summed E-state index contributed by atoms with van der Waals surface area (Å²) >= 11 is 11.9. The largest absolute Gasteiger partial charge is 0.310 e. The number of aromatic nitrogens is 1. The van der Waals surface area contributed by atoms with Crippen molar-refractivity contribution < 1.29 is 9.59 Å². The number of hydrogen-bond acceptors (Lipinski definition) is 3. The van der Waals surface area contributed by atoms with E-state index in [0.717, 1.165) is 0 Å². The Hall–Kier alpha value is -2.11. The summed E-state index contributed by atoms with van der Waals surface area (Å²) in [5.41, 5.74) is 0.624. The zero-order valence-corrected chi connectivity index (χ0v) is 13.5. The topological polar surface area (TPSA) is 62.3 Å². The van der Waals surface area contributed by atoms with Crippen molar-refractivity contribution in [3.63, 3.8) is 0 Å². The Morgan fingerprint density at radius 2 is 2.00 bits per heavy atom. The normalized spacial score (nSPS) is 17.4. The van der Waals surface area contributed by atoms with Gasteiger partial charge in [-0.1, -0.05) is 35.3 Å². The van der Waals surface area contributed by atoms with Crippen molar-refractivity contribution in [1.29, 1.82) is 0 Å². The van der Waals surface area contributed by atoms with Gasteiger partial charge in [0.05, 0.1) is 21.7 Å². The second-order valence-corrected chi connectivity index (χ2v) is 6.05. The maximum Gasteiger partial charge on any atom is 0.230 e. The SMILES string of the molecule is O=C(Nc1ccc(Cl)cn1)C1CC(=O)N(c2ccccc2Cl)C1. The lowest BCUT2D eigenvalue weighted by Crippen LogP contribution is -2.28. The fourth-order valence-corrected chi connectivity index (χ4v) is 2.81. The Morgan fingerprint density at radius 3 is 2.70 bits per heavy atom. The standard InChI is InChI=1S/C16H13Cl2N3O2/c17-11-5-6-14(19-8-11)20-16(23)10-7-15(22)21(9-10)13-4-2-1-3-12(13)18/h1-6,8,10H,7,9H2,(H,19,20,23). The molecular formula is C16H13Cl2N3O2. The molecule has 2 heterocycles. The molecule has 23 heavy (non-hydrogen) atoms. The first-order valence-electron chi connectivity index (χ1n) is 7.02. The molecule has 7 heteroatoms. The maximum atomic E-state index is 12.3. The average Bonchev–Trinajstić information content (AvgIpc) is 2.92. The number of carbonyl (C=O) groups is 2. The minimum Gasteiger partial charge on any atom is -0.310 e. The lowest BCUT2D eigenvalue weighted by molar-refractivity contribution is -0.122. The zero-order chi connectivity index (χ0) is 16.4. The highest BCUT2D eigenvalue weighted by Gasteiger charge is 2.35. The van der Waals surface area contributed by atoms with Gasteiger partial charge < -0.3 is 10.2 Å². The van der Waals surface area contributed by atoms with Gasteiger partial charge in [-0.3, -0.25) is 9.59 Å². The molecule has 0 spiro atoms. The predicted molar refractivity (Wildman–Crippen MR) is 89.8 cm³/mol. The Labute approximate surface area is 143 Å². The molecule has 5 nitrogen and oxygen atoms in total. The van der Waals surface area contributed by atoms with Gasteiger partial charge in [-0.05, 0) is 24.3 Å². The summed E-state index contributed by atoms with van der Waals surface area (Å²) in [4.78, 5) is 30.1. The smallest absolute Gasteiger partial charge is 0.230 e. The lowest BCUT2D eigenvalue weighted by Gasteiger charge is -2.17. The molecule has 1 aliphatic heterocycles. The van der Waals surface area contributed by atoms with E-state index in [1.54, 1.807) is 41.3 Å². The molecule has 1 fully saturated rings. The number of carbonyl (C=O) groups excluding carboxylic acids is 2. The van der Waals surface area contributed by atoms with E-state index in [9.17, 15) is 9.59 Å². The molecule has 0 saturated carbocycles. The van der Waals surface area contributed by atoms with Gasteiger partial charge in [-0.25, -0.2) is 4.98 Å². The third kappa shape index (κ3) is 3.46. The summed E-state index contributed by atoms with van der Waals surface area (Å²) in [7, 11) is 0. The number of pyridine rings is 1. The molecule has 1 aromatic heterocycles. The highest BCUT2D eigenvalue weighted by Crippen LogP contribution is 2.31. The van der Waals surface area contributed by atoms with E-state index in [4.69, 9.17) is 23.2 Å². The number of amides is 2. The van der Waals surface area contributed by atoms with Crippen molar-refractivity contribution in [3.8, 4) is 0 Å². The van der Waals surface area contributed by atoms with Crippen molar-refractivity contribution in [2.45, 2.75) is 6.42 Å². The Bertz CT molecular complexity index is 749. The van der Waals surface area contributed by atoms with E-state index in [0.29, 0.717) is 28.1 Å². The summed E-state index contributed by atoms with van der Waals surface area (Å²) in [6.45, 7) is 0.294. The van der Waals surface area contributed by atoms with Crippen LogP contribution in [-0.2, 0) is 9.59 Å². The minimum atomic E-state index is -0.448. The van der Waals surface area contributed by atoms with E-state index in [-0.39, 0.29) is 18.2 Å². The van der Waals surface area contributed by atoms with Gasteiger partial charge in [-0.15, -0.1) is 0 Å². The molecule has 0 radical (unpaired) electrons. The number of rotatable bonds is 3. The molecule has 0 aliphatic carbocycles. The first kappa shape index (κ1) is 15.8. The molecule has 1 unspecified atom stereocenters. The minimum absolute atomic E-state index is 0.123. The molecule has 1 atom stereocenters. The molecule has 1 aliphatic rings. The Morgan fingerprint density at radius 1 is 1.22 bits per heavy atom. The summed E-state index contributed by atoms with van der Waals surface area (Å²) in [5, 5.41) is 3.67. The van der Waals surface area contributed by atoms with Crippen LogP contribution >= 0.6 is 23.2 Å². The molecular weight excluding hydrogens is 337 g/mol. The fraction of sp³-hybridized carbons (Fsp3) is 0.188. The van der Waals surface area contributed by atoms with Gasteiger partial charge in [0.1, 0.15) is 5.82 Å². The Kier molecular flexibility index (Phi) is 4.50. The highest BCUT2D eigenvalue weighted by atomic mass is 35.5. The van der Waals surface area contributed by atoms with Crippen LogP contribution in [0.1, 0.15) is 6.42 Å². The summed E-state index contributed by atoms with van der Waals surface area (Å²) in [6, 6.07) is 10.3. The van der Waals surface area contributed by atoms with Crippen LogP contribution < -0.4 is 10.2 Å². The van der Waals surface area contributed by atoms with Crippen LogP contribution in [0, 0.1) is 5.92 Å². The van der Waals surface area contributed by atoms with E-state index >= 15 is 0 Å². The van der Waals surface area contributed by atoms with Gasteiger partial charge in [0.15, 0.2) is 0 Å². The average molecular weight is 350 g/mol. The fourth-order valence-electron chi connectivity index (χ4n) is 2.46. The van der Waals surface area contributed by atoms with Crippen LogP contribution in [-0.4, -0.2) is 23.3 Å². The molecule has 0 bridgehead atoms. The number of anilines is 2. The van der Waals surface area contributed by atoms with Crippen molar-refractivity contribution in [1.82, 2.24) is 4.98 Å². The van der Waals surface area contributed by atoms with E-state index in [2.05, 4.69) is 10.3 Å². The summed E-state index contributed by atoms with van der Waals surface area (Å²) < 4.78 is 0. The van der Waals surface area contributed by atoms with E-state index in [1.807, 2.05) is 0 Å². The number of para-hydroxylation sites is 1. The van der Waals surface area contributed by atoms with Crippen molar-refractivity contribution >= 4 is 46.5 Å². The summed E-state index contributed by atoms with van der Waals surface area (Å²) in [6.07, 6.45) is 1.59. The van der Waals surface area contributed by atoms with Crippen LogP contribution in [0.25, 0.3) is 0 Å². The van der Waals surface area contributed by atoms with Gasteiger partial charge in [0, 0.05) is 19.2 Å². The Balaban J connectivity index is 1.71. The van der Waals surface area contributed by atoms with E-state index in [1.165, 1.54) is 6.20 Å². The highest BCUT2D eigenvalue weighted by molar-refractivity contribution is 6.34. The molecule has 1 saturated heterocycles. The molecule has 2 aromatic rings. The van der Waals surface area contributed by atoms with Gasteiger partial charge in [0.2, 0.25) is 11.8 Å². The number of nitrogens with zero attached hydrogens (tertiary/aromatic N) is 2. The molecule has 3 rings (SSSR count). The van der Waals surface area contributed by atoms with Crippen molar-refractivity contribution in [2.75, 3.05) is 16.8 Å². The first-order chi connectivity index (χ1) is 11.0. The van der Waals surface area contributed by atoms with Gasteiger partial charge in [0.25, 0.3) is 0 Å². The maximum absolute atomic E-state index is 12.3. The quantitative estimate of drug-likeness (QED) is 0.923. The lowest BCUT2D eigenvalue weighted by atomic mass is 10.1. The van der Waals surface area contributed by atoms with Crippen LogP contribution in [0.5, 0.6) is 0 Å². The molecule has 2 amide bonds. The van der Waals surface area contributed by atoms with Gasteiger partial charge in [-0.2, -0.15) is 0 Å². The third-order valence-corrected chi connectivity index (χ3v) is 4.16. The van der Waals surface area contributed by atoms with Crippen LogP contribution in [0.2, 0.25) is 10.0 Å². The summed E-state index contributed by atoms with van der Waals surface area (Å²) in [5.74, 6) is -0.413. The number of hydrogen-bond donors (Lipinski definition) is 1. The second-order valence-electron chi connectivity index (χ2n) is 5.21. The van der Waals surface area contributed by atoms with Crippen molar-refractivity contribution in [3.05, 3.63) is 52.6 Å². The monoisotopic (exact) mass is 349 g/mol. The van der Waals surface area contributed by atoms with Crippen LogP contribution in [0.4, 0.5) is 11.5 Å². The van der Waals surface area contributed by atoms with Crippen molar-refractivity contribution in [2.24, 2.45) is 5.92 Å². The van der Waals surface area contributed by atoms with Crippen LogP contribution in [0.3, 0.4) is 0 Å². The number of nitrogens with one attached hydrogen (secondary N) is 1. The molecule has 118 valence electrons. The number of halogens is 2. The predicted octanol–water partition coefficient (Wildman–Crippen LogP) is 3.38. The second kappa shape index (κ2) is 6.56.